The maximum Gasteiger partial charge on any atom is 0.392 e. The second-order valence-electron chi connectivity index (χ2n) is 7.90. The van der Waals surface area contributed by atoms with Crippen molar-refractivity contribution in [1.82, 2.24) is 19.5 Å². The molecule has 1 aromatic carbocycles. The average molecular weight is 502 g/mol. The molecule has 3 aromatic rings. The molecule has 0 aliphatic carbocycles. The Morgan fingerprint density at radius 1 is 1.21 bits per heavy atom. The smallest absolute Gasteiger partial charge is 0.392 e. The van der Waals surface area contributed by atoms with E-state index in [1.165, 1.54) is 11.8 Å². The number of alkyl halides is 3. The number of fused-ring (bicyclic) bond motifs is 1. The number of anilines is 1. The van der Waals surface area contributed by atoms with E-state index >= 15 is 0 Å². The second-order valence-corrected chi connectivity index (χ2v) is 10.1. The normalized spacial score (nSPS) is 13.4. The predicted octanol–water partition coefficient (Wildman–Crippen LogP) is 5.20. The summed E-state index contributed by atoms with van der Waals surface area (Å²) in [7, 11) is -0.329. The van der Waals surface area contributed by atoms with Crippen LogP contribution in [0.15, 0.2) is 40.5 Å². The lowest BCUT2D eigenvalue weighted by Gasteiger charge is -2.15. The highest BCUT2D eigenvalue weighted by Crippen LogP contribution is 2.33. The molecule has 0 bridgehead atoms. The predicted molar refractivity (Wildman–Crippen MR) is 125 cm³/mol. The number of benzene rings is 1. The molecule has 33 heavy (non-hydrogen) atoms. The van der Waals surface area contributed by atoms with Gasteiger partial charge >= 0.3 is 6.18 Å². The number of ether oxygens (including phenoxy) is 2. The number of hydrogen-bond donors (Lipinski definition) is 1. The van der Waals surface area contributed by atoms with Gasteiger partial charge in [-0.3, -0.25) is 0 Å². The van der Waals surface area contributed by atoms with Crippen LogP contribution in [0, 0.1) is 5.92 Å². The first-order valence-electron chi connectivity index (χ1n) is 10.4. The maximum absolute atomic E-state index is 12.3. The summed E-state index contributed by atoms with van der Waals surface area (Å²) >= 11 is 1.41. The fourth-order valence-electron chi connectivity index (χ4n) is 2.86. The Morgan fingerprint density at radius 2 is 2.00 bits per heavy atom. The Kier molecular flexibility index (Phi) is 8.78. The summed E-state index contributed by atoms with van der Waals surface area (Å²) in [6, 6.07) is 7.70. The Labute approximate surface area is 196 Å². The first-order valence-corrected chi connectivity index (χ1v) is 12.6. The Balaban J connectivity index is 1.70. The molecule has 12 heteroatoms. The van der Waals surface area contributed by atoms with Crippen molar-refractivity contribution in [3.8, 4) is 5.75 Å². The molecule has 2 unspecified atom stereocenters. The van der Waals surface area contributed by atoms with Crippen LogP contribution in [0.4, 0.5) is 19.1 Å². The van der Waals surface area contributed by atoms with E-state index in [-0.39, 0.29) is 27.0 Å². The second kappa shape index (κ2) is 11.4. The van der Waals surface area contributed by atoms with E-state index < -0.39 is 12.3 Å². The Hall–Kier alpha value is -2.10. The van der Waals surface area contributed by atoms with Crippen LogP contribution in [0.1, 0.15) is 20.8 Å². The standard InChI is InChI=1S/C21H27F3N5O2PS/c1-13(2)9-30-15-5-4-6-16(7-15)33-19-17-18(27-20(25)28-19)29(11-26-17)8-14(3)31-12-32-10-21(22,23)24/h4-7,11,13-14,32H,8-10,12H2,1-3H3,(H2,25,27,28). The molecule has 2 N–H and O–H groups in total. The maximum atomic E-state index is 12.3. The topological polar surface area (TPSA) is 88.1 Å². The summed E-state index contributed by atoms with van der Waals surface area (Å²) in [5, 5.41) is 0.609. The van der Waals surface area contributed by atoms with Gasteiger partial charge in [-0.1, -0.05) is 40.3 Å². The van der Waals surface area contributed by atoms with E-state index in [2.05, 4.69) is 28.8 Å². The number of aromatic nitrogens is 4. The highest BCUT2D eigenvalue weighted by Gasteiger charge is 2.26. The summed E-state index contributed by atoms with van der Waals surface area (Å²) < 4.78 is 50.0. The van der Waals surface area contributed by atoms with Gasteiger partial charge in [-0.05, 0) is 31.0 Å². The van der Waals surface area contributed by atoms with Crippen molar-refractivity contribution in [1.29, 1.82) is 0 Å². The largest absolute Gasteiger partial charge is 0.493 e. The van der Waals surface area contributed by atoms with Gasteiger partial charge in [0.15, 0.2) is 5.65 Å². The summed E-state index contributed by atoms with van der Waals surface area (Å²) in [5.41, 5.74) is 7.09. The molecule has 2 heterocycles. The van der Waals surface area contributed by atoms with Gasteiger partial charge in [0.05, 0.1) is 38.1 Å². The zero-order valence-electron chi connectivity index (χ0n) is 18.6. The SMILES string of the molecule is CC(C)COc1cccc(Sc2nc(N)nc3c2ncn3CC(C)OCPCC(F)(F)F)c1. The van der Waals surface area contributed by atoms with E-state index in [4.69, 9.17) is 15.2 Å². The third-order valence-corrected chi connectivity index (χ3v) is 6.29. The van der Waals surface area contributed by atoms with Crippen LogP contribution in [-0.2, 0) is 11.3 Å². The van der Waals surface area contributed by atoms with Crippen molar-refractivity contribution in [2.45, 2.75) is 49.5 Å². The minimum atomic E-state index is -4.16. The van der Waals surface area contributed by atoms with E-state index in [1.807, 2.05) is 24.3 Å². The van der Waals surface area contributed by atoms with Crippen LogP contribution in [0.2, 0.25) is 0 Å². The highest BCUT2D eigenvalue weighted by atomic mass is 32.2. The number of imidazole rings is 1. The quantitative estimate of drug-likeness (QED) is 0.220. The highest BCUT2D eigenvalue weighted by molar-refractivity contribution is 7.99. The monoisotopic (exact) mass is 501 g/mol. The molecule has 180 valence electrons. The number of halogens is 3. The van der Waals surface area contributed by atoms with Gasteiger partial charge in [0, 0.05) is 4.90 Å². The van der Waals surface area contributed by atoms with Crippen LogP contribution in [-0.4, -0.2) is 50.9 Å². The average Bonchev–Trinajstić information content (AvgIpc) is 3.12. The van der Waals surface area contributed by atoms with Crippen molar-refractivity contribution in [2.24, 2.45) is 5.92 Å². The zero-order chi connectivity index (χ0) is 24.0. The summed E-state index contributed by atoms with van der Waals surface area (Å²) in [4.78, 5) is 14.0. The first kappa shape index (κ1) is 25.5. The first-order chi connectivity index (χ1) is 15.6. The number of hydrogen-bond acceptors (Lipinski definition) is 7. The van der Waals surface area contributed by atoms with Crippen molar-refractivity contribution in [2.75, 3.05) is 24.9 Å². The molecule has 2 atom stereocenters. The third-order valence-electron chi connectivity index (χ3n) is 4.30. The molecule has 0 fully saturated rings. The molecule has 0 aliphatic rings. The Bertz CT molecular complexity index is 1060. The van der Waals surface area contributed by atoms with E-state index in [9.17, 15) is 13.2 Å². The van der Waals surface area contributed by atoms with Gasteiger partial charge < -0.3 is 19.8 Å². The van der Waals surface area contributed by atoms with Crippen molar-refractivity contribution < 1.29 is 22.6 Å². The number of rotatable bonds is 11. The number of nitrogens with two attached hydrogens (primary N) is 1. The van der Waals surface area contributed by atoms with Crippen LogP contribution in [0.3, 0.4) is 0 Å². The molecule has 0 saturated heterocycles. The van der Waals surface area contributed by atoms with E-state index in [1.54, 1.807) is 17.8 Å². The summed E-state index contributed by atoms with van der Waals surface area (Å²) in [5.74, 6) is 1.30. The molecule has 0 radical (unpaired) electrons. The van der Waals surface area contributed by atoms with Crippen molar-refractivity contribution in [3.63, 3.8) is 0 Å². The molecule has 0 spiro atoms. The van der Waals surface area contributed by atoms with Crippen LogP contribution >= 0.6 is 20.3 Å². The molecule has 0 saturated carbocycles. The minimum Gasteiger partial charge on any atom is -0.493 e. The Morgan fingerprint density at radius 3 is 2.73 bits per heavy atom. The van der Waals surface area contributed by atoms with Crippen LogP contribution < -0.4 is 10.5 Å². The van der Waals surface area contributed by atoms with Gasteiger partial charge in [-0.2, -0.15) is 18.2 Å². The summed E-state index contributed by atoms with van der Waals surface area (Å²) in [6.07, 6.45) is -3.63. The third kappa shape index (κ3) is 8.01. The van der Waals surface area contributed by atoms with Crippen molar-refractivity contribution in [3.05, 3.63) is 30.6 Å². The molecule has 0 amide bonds. The molecule has 7 nitrogen and oxygen atoms in total. The molecular formula is C21H27F3N5O2PS. The van der Waals surface area contributed by atoms with Gasteiger partial charge in [-0.15, -0.1) is 0 Å². The van der Waals surface area contributed by atoms with Crippen molar-refractivity contribution >= 4 is 37.5 Å². The molecular weight excluding hydrogens is 474 g/mol. The van der Waals surface area contributed by atoms with E-state index in [0.29, 0.717) is 35.3 Å². The van der Waals surface area contributed by atoms with Crippen LogP contribution in [0.25, 0.3) is 11.2 Å². The van der Waals surface area contributed by atoms with Gasteiger partial charge in [0.25, 0.3) is 0 Å². The van der Waals surface area contributed by atoms with E-state index in [0.717, 1.165) is 10.6 Å². The fraction of sp³-hybridized carbons (Fsp3) is 0.476. The van der Waals surface area contributed by atoms with Gasteiger partial charge in [0.2, 0.25) is 5.95 Å². The lowest BCUT2D eigenvalue weighted by atomic mass is 10.2. The lowest BCUT2D eigenvalue weighted by Crippen LogP contribution is -2.17. The van der Waals surface area contributed by atoms with Gasteiger partial charge in [-0.25, -0.2) is 9.97 Å². The molecule has 3 rings (SSSR count). The number of nitrogens with zero attached hydrogens (tertiary/aromatic N) is 4. The van der Waals surface area contributed by atoms with Crippen LogP contribution in [0.5, 0.6) is 5.75 Å². The molecule has 2 aromatic heterocycles. The zero-order valence-corrected chi connectivity index (χ0v) is 20.4. The molecule has 0 aliphatic heterocycles. The lowest BCUT2D eigenvalue weighted by molar-refractivity contribution is -0.106. The van der Waals surface area contributed by atoms with Gasteiger partial charge in [0.1, 0.15) is 16.3 Å². The minimum absolute atomic E-state index is 0.0563. The summed E-state index contributed by atoms with van der Waals surface area (Å²) in [6.45, 7) is 6.98. The number of nitrogen functional groups attached to an aromatic ring is 1. The fourth-order valence-corrected chi connectivity index (χ4v) is 4.58.